The van der Waals surface area contributed by atoms with Gasteiger partial charge in [0.2, 0.25) is 0 Å². The van der Waals surface area contributed by atoms with E-state index in [-0.39, 0.29) is 13.1 Å². The van der Waals surface area contributed by atoms with Crippen molar-refractivity contribution in [2.45, 2.75) is 31.8 Å². The molecule has 6 nitrogen and oxygen atoms in total. The predicted molar refractivity (Wildman–Crippen MR) is 65.9 cm³/mol. The number of aliphatic hydroxyl groups is 3. The molecule has 2 atom stereocenters. The number of carboxylic acids is 1. The molecular formula is C10H21NO5S. The molecule has 0 spiro atoms. The summed E-state index contributed by atoms with van der Waals surface area (Å²) in [5.41, 5.74) is 0. The van der Waals surface area contributed by atoms with E-state index in [0.29, 0.717) is 12.2 Å². The zero-order chi connectivity index (χ0) is 13.4. The van der Waals surface area contributed by atoms with Crippen LogP contribution in [-0.2, 0) is 4.79 Å². The van der Waals surface area contributed by atoms with Crippen molar-refractivity contribution >= 4 is 17.7 Å². The zero-order valence-electron chi connectivity index (χ0n) is 10.1. The lowest BCUT2D eigenvalue weighted by molar-refractivity contribution is -0.146. The van der Waals surface area contributed by atoms with Crippen molar-refractivity contribution in [1.29, 1.82) is 0 Å². The monoisotopic (exact) mass is 267 g/mol. The standard InChI is InChI=1S/C10H21NO5S/c1-7(12)5-11(6-9(13)14)8(10(15)16)3-4-17-2/h7-9,12-14H,3-6H2,1-2H3,(H,15,16). The van der Waals surface area contributed by atoms with Crippen LogP contribution in [0.5, 0.6) is 0 Å². The summed E-state index contributed by atoms with van der Waals surface area (Å²) in [6.45, 7) is 1.45. The van der Waals surface area contributed by atoms with Gasteiger partial charge in [0.25, 0.3) is 0 Å². The molecule has 0 aliphatic rings. The highest BCUT2D eigenvalue weighted by Gasteiger charge is 2.27. The highest BCUT2D eigenvalue weighted by molar-refractivity contribution is 7.98. The molecule has 0 aliphatic carbocycles. The Hall–Kier alpha value is -0.340. The second-order valence-electron chi connectivity index (χ2n) is 3.92. The summed E-state index contributed by atoms with van der Waals surface area (Å²) in [6, 6.07) is -0.807. The van der Waals surface area contributed by atoms with E-state index in [1.165, 1.54) is 23.6 Å². The van der Waals surface area contributed by atoms with Crippen LogP contribution in [0.2, 0.25) is 0 Å². The third-order valence-electron chi connectivity index (χ3n) is 2.22. The summed E-state index contributed by atoms with van der Waals surface area (Å²) < 4.78 is 0. The molecule has 4 N–H and O–H groups in total. The molecule has 0 bridgehead atoms. The van der Waals surface area contributed by atoms with Crippen LogP contribution < -0.4 is 0 Å². The average Bonchev–Trinajstić information content (AvgIpc) is 2.15. The van der Waals surface area contributed by atoms with E-state index in [1.54, 1.807) is 0 Å². The van der Waals surface area contributed by atoms with E-state index < -0.39 is 24.4 Å². The Kier molecular flexibility index (Phi) is 8.53. The second kappa shape index (κ2) is 8.71. The van der Waals surface area contributed by atoms with Gasteiger partial charge >= 0.3 is 5.97 Å². The van der Waals surface area contributed by atoms with E-state index in [0.717, 1.165) is 0 Å². The fourth-order valence-corrected chi connectivity index (χ4v) is 2.03. The highest BCUT2D eigenvalue weighted by atomic mass is 32.2. The molecular weight excluding hydrogens is 246 g/mol. The van der Waals surface area contributed by atoms with Crippen molar-refractivity contribution in [3.8, 4) is 0 Å². The summed E-state index contributed by atoms with van der Waals surface area (Å²) in [6.07, 6.45) is -0.0517. The van der Waals surface area contributed by atoms with Gasteiger partial charge in [-0.05, 0) is 25.4 Å². The summed E-state index contributed by atoms with van der Waals surface area (Å²) in [4.78, 5) is 12.5. The molecule has 0 saturated heterocycles. The van der Waals surface area contributed by atoms with E-state index in [4.69, 9.17) is 15.3 Å². The smallest absolute Gasteiger partial charge is 0.320 e. The van der Waals surface area contributed by atoms with Crippen LogP contribution in [0.25, 0.3) is 0 Å². The van der Waals surface area contributed by atoms with Crippen LogP contribution >= 0.6 is 11.8 Å². The first kappa shape index (κ1) is 16.7. The number of thioether (sulfide) groups is 1. The van der Waals surface area contributed by atoms with E-state index >= 15 is 0 Å². The highest BCUT2D eigenvalue weighted by Crippen LogP contribution is 2.10. The molecule has 0 aromatic heterocycles. The lowest BCUT2D eigenvalue weighted by atomic mass is 10.1. The number of hydrogen-bond donors (Lipinski definition) is 4. The van der Waals surface area contributed by atoms with Crippen molar-refractivity contribution in [3.63, 3.8) is 0 Å². The number of aliphatic carboxylic acids is 1. The van der Waals surface area contributed by atoms with Gasteiger partial charge in [-0.15, -0.1) is 0 Å². The lowest BCUT2D eigenvalue weighted by Gasteiger charge is -2.30. The SMILES string of the molecule is CSCCC(C(=O)O)N(CC(C)O)CC(O)O. The normalized spacial score (nSPS) is 15.2. The molecule has 0 radical (unpaired) electrons. The van der Waals surface area contributed by atoms with Gasteiger partial charge in [-0.1, -0.05) is 0 Å². The van der Waals surface area contributed by atoms with Gasteiger partial charge in [-0.2, -0.15) is 11.8 Å². The minimum Gasteiger partial charge on any atom is -0.480 e. The van der Waals surface area contributed by atoms with Gasteiger partial charge in [-0.25, -0.2) is 0 Å². The fourth-order valence-electron chi connectivity index (χ4n) is 1.57. The fraction of sp³-hybridized carbons (Fsp3) is 0.900. The lowest BCUT2D eigenvalue weighted by Crippen LogP contribution is -2.48. The van der Waals surface area contributed by atoms with Crippen LogP contribution in [0.4, 0.5) is 0 Å². The van der Waals surface area contributed by atoms with Crippen molar-refractivity contribution in [2.75, 3.05) is 25.1 Å². The first-order valence-electron chi connectivity index (χ1n) is 5.38. The van der Waals surface area contributed by atoms with Crippen molar-refractivity contribution < 1.29 is 25.2 Å². The number of carbonyl (C=O) groups is 1. The molecule has 0 rings (SSSR count). The van der Waals surface area contributed by atoms with Gasteiger partial charge in [0, 0.05) is 6.54 Å². The molecule has 102 valence electrons. The molecule has 7 heteroatoms. The Morgan fingerprint density at radius 2 is 1.88 bits per heavy atom. The summed E-state index contributed by atoms with van der Waals surface area (Å²) >= 11 is 1.53. The number of nitrogens with zero attached hydrogens (tertiary/aromatic N) is 1. The predicted octanol–water partition coefficient (Wildman–Crippen LogP) is -0.814. The summed E-state index contributed by atoms with van der Waals surface area (Å²) in [5, 5.41) is 36.2. The summed E-state index contributed by atoms with van der Waals surface area (Å²) in [5.74, 6) is -0.352. The molecule has 0 heterocycles. The molecule has 0 aromatic carbocycles. The summed E-state index contributed by atoms with van der Waals surface area (Å²) in [7, 11) is 0. The average molecular weight is 267 g/mol. The zero-order valence-corrected chi connectivity index (χ0v) is 10.9. The minimum absolute atomic E-state index is 0.100. The topological polar surface area (TPSA) is 101 Å². The first-order valence-corrected chi connectivity index (χ1v) is 6.77. The van der Waals surface area contributed by atoms with Crippen LogP contribution in [-0.4, -0.2) is 74.8 Å². The van der Waals surface area contributed by atoms with Gasteiger partial charge in [0.15, 0.2) is 6.29 Å². The van der Waals surface area contributed by atoms with Crippen LogP contribution in [0.1, 0.15) is 13.3 Å². The molecule has 0 amide bonds. The first-order chi connectivity index (χ1) is 7.88. The quantitative estimate of drug-likeness (QED) is 0.405. The maximum Gasteiger partial charge on any atom is 0.320 e. The third-order valence-corrected chi connectivity index (χ3v) is 2.86. The van der Waals surface area contributed by atoms with Gasteiger partial charge in [0.1, 0.15) is 6.04 Å². The second-order valence-corrected chi connectivity index (χ2v) is 4.90. The maximum absolute atomic E-state index is 11.1. The minimum atomic E-state index is -1.61. The Balaban J connectivity index is 4.60. The maximum atomic E-state index is 11.1. The number of aliphatic hydroxyl groups excluding tert-OH is 2. The Morgan fingerprint density at radius 3 is 2.24 bits per heavy atom. The van der Waals surface area contributed by atoms with Gasteiger partial charge < -0.3 is 20.4 Å². The van der Waals surface area contributed by atoms with E-state index in [2.05, 4.69) is 0 Å². The van der Waals surface area contributed by atoms with Crippen LogP contribution in [0.15, 0.2) is 0 Å². The van der Waals surface area contributed by atoms with E-state index in [9.17, 15) is 9.90 Å². The van der Waals surface area contributed by atoms with Gasteiger partial charge in [0.05, 0.1) is 12.6 Å². The molecule has 0 saturated carbocycles. The van der Waals surface area contributed by atoms with Crippen molar-refractivity contribution in [3.05, 3.63) is 0 Å². The molecule has 2 unspecified atom stereocenters. The number of rotatable bonds is 9. The molecule has 0 aromatic rings. The van der Waals surface area contributed by atoms with Crippen molar-refractivity contribution in [2.24, 2.45) is 0 Å². The van der Waals surface area contributed by atoms with Gasteiger partial charge in [-0.3, -0.25) is 9.69 Å². The molecule has 17 heavy (non-hydrogen) atoms. The number of hydrogen-bond acceptors (Lipinski definition) is 6. The number of carboxylic acid groups (broad SMARTS) is 1. The molecule has 0 fully saturated rings. The Morgan fingerprint density at radius 1 is 1.29 bits per heavy atom. The Bertz CT molecular complexity index is 215. The molecule has 0 aliphatic heterocycles. The van der Waals surface area contributed by atoms with Crippen LogP contribution in [0.3, 0.4) is 0 Å². The third kappa shape index (κ3) is 7.56. The largest absolute Gasteiger partial charge is 0.480 e. The van der Waals surface area contributed by atoms with Crippen molar-refractivity contribution in [1.82, 2.24) is 4.90 Å². The Labute approximate surface area is 105 Å². The van der Waals surface area contributed by atoms with Crippen LogP contribution in [0, 0.1) is 0 Å². The van der Waals surface area contributed by atoms with E-state index in [1.807, 2.05) is 6.26 Å².